The monoisotopic (exact) mass is 396 g/mol. The fourth-order valence-electron chi connectivity index (χ4n) is 3.56. The Morgan fingerprint density at radius 1 is 1.14 bits per heavy atom. The summed E-state index contributed by atoms with van der Waals surface area (Å²) in [5.74, 6) is -0.277. The molecular formula is C21H24N4O4. The van der Waals surface area contributed by atoms with E-state index in [1.807, 2.05) is 23.1 Å². The summed E-state index contributed by atoms with van der Waals surface area (Å²) >= 11 is 0. The first-order valence-electron chi connectivity index (χ1n) is 9.56. The average Bonchev–Trinajstić information content (AvgIpc) is 2.72. The molecule has 1 fully saturated rings. The highest BCUT2D eigenvalue weighted by Gasteiger charge is 2.27. The second kappa shape index (κ2) is 9.18. The van der Waals surface area contributed by atoms with Crippen molar-refractivity contribution in [2.75, 3.05) is 23.3 Å². The van der Waals surface area contributed by atoms with E-state index in [0.717, 1.165) is 5.56 Å². The number of nitro benzene ring substituents is 1. The van der Waals surface area contributed by atoms with E-state index in [9.17, 15) is 19.7 Å². The summed E-state index contributed by atoms with van der Waals surface area (Å²) in [6.07, 6.45) is 1.29. The Labute approximate surface area is 169 Å². The van der Waals surface area contributed by atoms with Gasteiger partial charge < -0.3 is 15.5 Å². The molecule has 1 heterocycles. The van der Waals surface area contributed by atoms with Crippen LogP contribution in [0.1, 0.15) is 25.3 Å². The fourth-order valence-corrected chi connectivity index (χ4v) is 3.56. The van der Waals surface area contributed by atoms with Crippen LogP contribution >= 0.6 is 0 Å². The molecule has 29 heavy (non-hydrogen) atoms. The minimum absolute atomic E-state index is 0.0165. The Balaban J connectivity index is 1.53. The maximum Gasteiger partial charge on any atom is 0.292 e. The van der Waals surface area contributed by atoms with Crippen LogP contribution < -0.4 is 15.5 Å². The zero-order chi connectivity index (χ0) is 20.8. The van der Waals surface area contributed by atoms with Gasteiger partial charge in [0.25, 0.3) is 5.69 Å². The molecule has 1 saturated heterocycles. The summed E-state index contributed by atoms with van der Waals surface area (Å²) in [6, 6.07) is 14.0. The standard InChI is InChI=1S/C21H24N4O4/c1-15(26)23-18-6-4-5-16(13-18)14-22-21(27)17-9-11-24(12-10-17)19-7-2-3-8-20(19)25(28)29/h2-8,13,17H,9-12,14H2,1H3,(H,22,27)(H,23,26). The molecule has 1 aliphatic heterocycles. The lowest BCUT2D eigenvalue weighted by molar-refractivity contribution is -0.384. The van der Waals surface area contributed by atoms with Gasteiger partial charge in [0.2, 0.25) is 11.8 Å². The molecular weight excluding hydrogens is 372 g/mol. The number of anilines is 2. The number of nitro groups is 1. The molecule has 2 N–H and O–H groups in total. The Kier molecular flexibility index (Phi) is 6.43. The van der Waals surface area contributed by atoms with E-state index in [-0.39, 0.29) is 28.3 Å². The lowest BCUT2D eigenvalue weighted by atomic mass is 9.95. The van der Waals surface area contributed by atoms with E-state index in [4.69, 9.17) is 0 Å². The smallest absolute Gasteiger partial charge is 0.292 e. The first-order valence-corrected chi connectivity index (χ1v) is 9.56. The van der Waals surface area contributed by atoms with Crippen molar-refractivity contribution in [3.05, 3.63) is 64.2 Å². The molecule has 0 spiro atoms. The number of nitrogens with zero attached hydrogens (tertiary/aromatic N) is 2. The van der Waals surface area contributed by atoms with Gasteiger partial charge in [0.15, 0.2) is 0 Å². The number of carbonyl (C=O) groups is 2. The number of rotatable bonds is 6. The lowest BCUT2D eigenvalue weighted by Crippen LogP contribution is -2.40. The molecule has 8 heteroatoms. The number of para-hydroxylation sites is 2. The molecule has 152 valence electrons. The number of hydrogen-bond donors (Lipinski definition) is 2. The normalized spacial score (nSPS) is 14.3. The molecule has 3 rings (SSSR count). The number of benzene rings is 2. The summed E-state index contributed by atoms with van der Waals surface area (Å²) in [4.78, 5) is 36.5. The highest BCUT2D eigenvalue weighted by Crippen LogP contribution is 2.31. The van der Waals surface area contributed by atoms with Crippen molar-refractivity contribution >= 4 is 28.9 Å². The van der Waals surface area contributed by atoms with E-state index in [1.54, 1.807) is 24.3 Å². The second-order valence-electron chi connectivity index (χ2n) is 7.11. The molecule has 0 unspecified atom stereocenters. The molecule has 0 aromatic heterocycles. The summed E-state index contributed by atoms with van der Waals surface area (Å²) in [7, 11) is 0. The SMILES string of the molecule is CC(=O)Nc1cccc(CNC(=O)C2CCN(c3ccccc3[N+](=O)[O-])CC2)c1. The van der Waals surface area contributed by atoms with Crippen LogP contribution in [0.5, 0.6) is 0 Å². The van der Waals surface area contributed by atoms with E-state index in [0.29, 0.717) is 43.9 Å². The van der Waals surface area contributed by atoms with Gasteiger partial charge in [-0.05, 0) is 36.6 Å². The Morgan fingerprint density at radius 3 is 2.55 bits per heavy atom. The van der Waals surface area contributed by atoms with Crippen LogP contribution in [0.15, 0.2) is 48.5 Å². The summed E-state index contributed by atoms with van der Waals surface area (Å²) in [5, 5.41) is 16.9. The molecule has 0 saturated carbocycles. The van der Waals surface area contributed by atoms with Gasteiger partial charge in [0.05, 0.1) is 4.92 Å². The predicted molar refractivity (Wildman–Crippen MR) is 111 cm³/mol. The third kappa shape index (κ3) is 5.31. The average molecular weight is 396 g/mol. The predicted octanol–water partition coefficient (Wildman–Crippen LogP) is 3.09. The van der Waals surface area contributed by atoms with Gasteiger partial charge in [-0.1, -0.05) is 24.3 Å². The number of piperidine rings is 1. The van der Waals surface area contributed by atoms with Crippen molar-refractivity contribution in [3.8, 4) is 0 Å². The Bertz CT molecular complexity index is 907. The third-order valence-electron chi connectivity index (χ3n) is 5.00. The molecule has 0 aliphatic carbocycles. The van der Waals surface area contributed by atoms with E-state index < -0.39 is 0 Å². The number of hydrogen-bond acceptors (Lipinski definition) is 5. The van der Waals surface area contributed by atoms with E-state index in [2.05, 4.69) is 10.6 Å². The maximum atomic E-state index is 12.5. The van der Waals surface area contributed by atoms with Crippen molar-refractivity contribution in [1.29, 1.82) is 0 Å². The van der Waals surface area contributed by atoms with Gasteiger partial charge in [-0.3, -0.25) is 19.7 Å². The van der Waals surface area contributed by atoms with Gasteiger partial charge in [0, 0.05) is 44.2 Å². The summed E-state index contributed by atoms with van der Waals surface area (Å²) < 4.78 is 0. The molecule has 0 bridgehead atoms. The molecule has 2 aromatic rings. The quantitative estimate of drug-likeness (QED) is 0.577. The van der Waals surface area contributed by atoms with E-state index >= 15 is 0 Å². The topological polar surface area (TPSA) is 105 Å². The van der Waals surface area contributed by atoms with Crippen molar-refractivity contribution < 1.29 is 14.5 Å². The number of amides is 2. The first kappa shape index (κ1) is 20.3. The van der Waals surface area contributed by atoms with Crippen LogP contribution in [0.2, 0.25) is 0 Å². The zero-order valence-corrected chi connectivity index (χ0v) is 16.3. The van der Waals surface area contributed by atoms with Gasteiger partial charge in [-0.25, -0.2) is 0 Å². The fraction of sp³-hybridized carbons (Fsp3) is 0.333. The molecule has 2 amide bonds. The third-order valence-corrected chi connectivity index (χ3v) is 5.00. The minimum atomic E-state index is -0.372. The molecule has 8 nitrogen and oxygen atoms in total. The van der Waals surface area contributed by atoms with Gasteiger partial charge in [0.1, 0.15) is 5.69 Å². The van der Waals surface area contributed by atoms with Gasteiger partial charge in [-0.15, -0.1) is 0 Å². The number of carbonyl (C=O) groups excluding carboxylic acids is 2. The lowest BCUT2D eigenvalue weighted by Gasteiger charge is -2.32. The second-order valence-corrected chi connectivity index (χ2v) is 7.11. The van der Waals surface area contributed by atoms with E-state index in [1.165, 1.54) is 13.0 Å². The van der Waals surface area contributed by atoms with Crippen LogP contribution in [-0.4, -0.2) is 29.8 Å². The van der Waals surface area contributed by atoms with Crippen molar-refractivity contribution in [3.63, 3.8) is 0 Å². The first-order chi connectivity index (χ1) is 13.9. The summed E-state index contributed by atoms with van der Waals surface area (Å²) in [6.45, 7) is 3.03. The maximum absolute atomic E-state index is 12.5. The summed E-state index contributed by atoms with van der Waals surface area (Å²) in [5.41, 5.74) is 2.30. The zero-order valence-electron chi connectivity index (χ0n) is 16.3. The molecule has 2 aromatic carbocycles. The number of nitrogens with one attached hydrogen (secondary N) is 2. The molecule has 0 radical (unpaired) electrons. The highest BCUT2D eigenvalue weighted by atomic mass is 16.6. The van der Waals surface area contributed by atoms with Crippen LogP contribution in [0.25, 0.3) is 0 Å². The van der Waals surface area contributed by atoms with Crippen molar-refractivity contribution in [2.45, 2.75) is 26.3 Å². The Morgan fingerprint density at radius 2 is 1.86 bits per heavy atom. The van der Waals surface area contributed by atoms with Crippen molar-refractivity contribution in [2.24, 2.45) is 5.92 Å². The van der Waals surface area contributed by atoms with Crippen LogP contribution in [-0.2, 0) is 16.1 Å². The molecule has 0 atom stereocenters. The van der Waals surface area contributed by atoms with Gasteiger partial charge >= 0.3 is 0 Å². The minimum Gasteiger partial charge on any atom is -0.366 e. The molecule has 1 aliphatic rings. The van der Waals surface area contributed by atoms with Crippen LogP contribution in [0, 0.1) is 16.0 Å². The van der Waals surface area contributed by atoms with Gasteiger partial charge in [-0.2, -0.15) is 0 Å². The van der Waals surface area contributed by atoms with Crippen molar-refractivity contribution in [1.82, 2.24) is 5.32 Å². The van der Waals surface area contributed by atoms with Crippen LogP contribution in [0.4, 0.5) is 17.1 Å². The highest BCUT2D eigenvalue weighted by molar-refractivity contribution is 5.88. The Hall–Kier alpha value is -3.42. The van der Waals surface area contributed by atoms with Crippen LogP contribution in [0.3, 0.4) is 0 Å². The largest absolute Gasteiger partial charge is 0.366 e.